The molecule has 0 spiro atoms. The summed E-state index contributed by atoms with van der Waals surface area (Å²) in [5.74, 6) is 0.715. The fourth-order valence-corrected chi connectivity index (χ4v) is 3.21. The number of imidazole rings is 1. The molecule has 2 aromatic rings. The van der Waals surface area contributed by atoms with Gasteiger partial charge in [-0.3, -0.25) is 4.79 Å². The standard InChI is InChI=1S/C16H21N3O2/c1-21-11-16(8-4-5-9-16)19-15(20)10-14-17-12-6-2-3-7-13(12)18-14/h2-3,6-7H,4-5,8-11H2,1H3,(H,17,18)(H,19,20). The number of methoxy groups -OCH3 is 1. The number of nitrogens with one attached hydrogen (secondary N) is 2. The lowest BCUT2D eigenvalue weighted by Gasteiger charge is -2.29. The Morgan fingerprint density at radius 1 is 1.38 bits per heavy atom. The number of carbonyl (C=O) groups excluding carboxylic acids is 1. The molecule has 3 rings (SSSR count). The van der Waals surface area contributed by atoms with Crippen molar-refractivity contribution < 1.29 is 9.53 Å². The third-order valence-electron chi connectivity index (χ3n) is 4.15. The third kappa shape index (κ3) is 3.08. The molecule has 112 valence electrons. The summed E-state index contributed by atoms with van der Waals surface area (Å²) in [5, 5.41) is 3.16. The van der Waals surface area contributed by atoms with Gasteiger partial charge in [-0.2, -0.15) is 0 Å². The maximum absolute atomic E-state index is 12.3. The average Bonchev–Trinajstić information content (AvgIpc) is 3.05. The van der Waals surface area contributed by atoms with E-state index in [2.05, 4.69) is 15.3 Å². The number of para-hydroxylation sites is 2. The molecule has 0 unspecified atom stereocenters. The Hall–Kier alpha value is -1.88. The van der Waals surface area contributed by atoms with Gasteiger partial charge in [0, 0.05) is 7.11 Å². The summed E-state index contributed by atoms with van der Waals surface area (Å²) in [4.78, 5) is 19.9. The van der Waals surface area contributed by atoms with Crippen molar-refractivity contribution in [1.29, 1.82) is 0 Å². The van der Waals surface area contributed by atoms with Crippen LogP contribution in [0.1, 0.15) is 31.5 Å². The molecule has 1 saturated carbocycles. The topological polar surface area (TPSA) is 67.0 Å². The zero-order valence-corrected chi connectivity index (χ0v) is 12.3. The highest BCUT2D eigenvalue weighted by Crippen LogP contribution is 2.29. The van der Waals surface area contributed by atoms with E-state index in [9.17, 15) is 4.79 Å². The minimum atomic E-state index is -0.183. The lowest BCUT2D eigenvalue weighted by Crippen LogP contribution is -2.50. The van der Waals surface area contributed by atoms with Gasteiger partial charge < -0.3 is 15.0 Å². The summed E-state index contributed by atoms with van der Waals surface area (Å²) < 4.78 is 5.29. The Morgan fingerprint density at radius 3 is 2.86 bits per heavy atom. The van der Waals surface area contributed by atoms with Crippen LogP contribution in [0.15, 0.2) is 24.3 Å². The van der Waals surface area contributed by atoms with E-state index < -0.39 is 0 Å². The Bertz CT molecular complexity index is 596. The zero-order chi connectivity index (χ0) is 14.7. The number of fused-ring (bicyclic) bond motifs is 1. The SMILES string of the molecule is COCC1(NC(=O)Cc2nc3ccccc3[nH]2)CCCC1. The molecule has 0 saturated heterocycles. The lowest BCUT2D eigenvalue weighted by molar-refractivity contribution is -0.123. The van der Waals surface area contributed by atoms with Gasteiger partial charge in [0.25, 0.3) is 0 Å². The molecule has 5 nitrogen and oxygen atoms in total. The summed E-state index contributed by atoms with van der Waals surface area (Å²) in [7, 11) is 1.69. The van der Waals surface area contributed by atoms with Crippen LogP contribution < -0.4 is 5.32 Å². The molecule has 1 amide bonds. The first-order valence-electron chi connectivity index (χ1n) is 7.44. The molecule has 0 atom stereocenters. The first-order chi connectivity index (χ1) is 10.2. The van der Waals surface area contributed by atoms with Gasteiger partial charge in [-0.25, -0.2) is 4.98 Å². The van der Waals surface area contributed by atoms with E-state index in [1.807, 2.05) is 24.3 Å². The van der Waals surface area contributed by atoms with E-state index >= 15 is 0 Å². The van der Waals surface area contributed by atoms with Crippen molar-refractivity contribution in [3.63, 3.8) is 0 Å². The van der Waals surface area contributed by atoms with E-state index in [1.54, 1.807) is 7.11 Å². The van der Waals surface area contributed by atoms with Crippen molar-refractivity contribution in [3.8, 4) is 0 Å². The molecule has 0 aliphatic heterocycles. The number of benzene rings is 1. The number of ether oxygens (including phenoxy) is 1. The van der Waals surface area contributed by atoms with E-state index in [1.165, 1.54) is 0 Å². The summed E-state index contributed by atoms with van der Waals surface area (Å²) in [6, 6.07) is 7.80. The van der Waals surface area contributed by atoms with Crippen molar-refractivity contribution in [1.82, 2.24) is 15.3 Å². The number of carbonyl (C=O) groups is 1. The Labute approximate surface area is 124 Å². The van der Waals surface area contributed by atoms with E-state index in [0.717, 1.165) is 36.7 Å². The van der Waals surface area contributed by atoms with Gasteiger partial charge in [-0.05, 0) is 25.0 Å². The molecule has 1 fully saturated rings. The highest BCUT2D eigenvalue weighted by atomic mass is 16.5. The number of aromatic nitrogens is 2. The second-order valence-corrected chi connectivity index (χ2v) is 5.85. The third-order valence-corrected chi connectivity index (χ3v) is 4.15. The number of rotatable bonds is 5. The quantitative estimate of drug-likeness (QED) is 0.885. The van der Waals surface area contributed by atoms with E-state index in [0.29, 0.717) is 12.4 Å². The van der Waals surface area contributed by atoms with Crippen LogP contribution in [0.3, 0.4) is 0 Å². The Kier molecular flexibility index (Phi) is 3.92. The summed E-state index contributed by atoms with van der Waals surface area (Å²) >= 11 is 0. The molecule has 5 heteroatoms. The lowest BCUT2D eigenvalue weighted by atomic mass is 9.98. The normalized spacial score (nSPS) is 17.2. The molecular weight excluding hydrogens is 266 g/mol. The minimum absolute atomic E-state index is 0.00741. The van der Waals surface area contributed by atoms with Gasteiger partial charge in [0.15, 0.2) is 0 Å². The molecule has 1 aliphatic carbocycles. The summed E-state index contributed by atoms with van der Waals surface area (Å²) in [5.41, 5.74) is 1.68. The highest BCUT2D eigenvalue weighted by Gasteiger charge is 2.35. The van der Waals surface area contributed by atoms with Gasteiger partial charge in [-0.15, -0.1) is 0 Å². The monoisotopic (exact) mass is 287 g/mol. The molecule has 0 radical (unpaired) electrons. The van der Waals surface area contributed by atoms with Crippen molar-refractivity contribution in [2.45, 2.75) is 37.6 Å². The van der Waals surface area contributed by atoms with Crippen LogP contribution in [-0.2, 0) is 16.0 Å². The van der Waals surface area contributed by atoms with Crippen LogP contribution in [0.4, 0.5) is 0 Å². The van der Waals surface area contributed by atoms with E-state index in [-0.39, 0.29) is 17.9 Å². The summed E-state index contributed by atoms with van der Waals surface area (Å²) in [6.07, 6.45) is 4.56. The molecule has 2 N–H and O–H groups in total. The van der Waals surface area contributed by atoms with Gasteiger partial charge >= 0.3 is 0 Å². The van der Waals surface area contributed by atoms with E-state index in [4.69, 9.17) is 4.74 Å². The van der Waals surface area contributed by atoms with Crippen molar-refractivity contribution >= 4 is 16.9 Å². The van der Waals surface area contributed by atoms with Crippen LogP contribution >= 0.6 is 0 Å². The molecule has 21 heavy (non-hydrogen) atoms. The van der Waals surface area contributed by atoms with Crippen LogP contribution in [0.5, 0.6) is 0 Å². The van der Waals surface area contributed by atoms with Crippen molar-refractivity contribution in [2.24, 2.45) is 0 Å². The molecule has 0 bridgehead atoms. The predicted molar refractivity (Wildman–Crippen MR) is 81.0 cm³/mol. The maximum Gasteiger partial charge on any atom is 0.228 e. The summed E-state index contributed by atoms with van der Waals surface area (Å²) in [6.45, 7) is 0.582. The molecule has 1 heterocycles. The van der Waals surface area contributed by atoms with Crippen LogP contribution in [-0.4, -0.2) is 35.1 Å². The van der Waals surface area contributed by atoms with Crippen LogP contribution in [0.2, 0.25) is 0 Å². The second-order valence-electron chi connectivity index (χ2n) is 5.85. The van der Waals surface area contributed by atoms with Gasteiger partial charge in [0.1, 0.15) is 5.82 Å². The number of hydrogen-bond acceptors (Lipinski definition) is 3. The van der Waals surface area contributed by atoms with Crippen molar-refractivity contribution in [3.05, 3.63) is 30.1 Å². The first-order valence-corrected chi connectivity index (χ1v) is 7.44. The van der Waals surface area contributed by atoms with Gasteiger partial charge in [0.05, 0.1) is 29.6 Å². The molecule has 1 aromatic carbocycles. The first kappa shape index (κ1) is 14.1. The number of H-pyrrole nitrogens is 1. The number of hydrogen-bond donors (Lipinski definition) is 2. The largest absolute Gasteiger partial charge is 0.382 e. The average molecular weight is 287 g/mol. The molecule has 1 aromatic heterocycles. The smallest absolute Gasteiger partial charge is 0.228 e. The highest BCUT2D eigenvalue weighted by molar-refractivity contribution is 5.81. The fourth-order valence-electron chi connectivity index (χ4n) is 3.21. The number of amides is 1. The fraction of sp³-hybridized carbons (Fsp3) is 0.500. The van der Waals surface area contributed by atoms with Gasteiger partial charge in [-0.1, -0.05) is 25.0 Å². The number of aromatic amines is 1. The van der Waals surface area contributed by atoms with Gasteiger partial charge in [0.2, 0.25) is 5.91 Å². The Balaban J connectivity index is 1.68. The maximum atomic E-state index is 12.3. The zero-order valence-electron chi connectivity index (χ0n) is 12.3. The predicted octanol–water partition coefficient (Wildman–Crippen LogP) is 2.18. The Morgan fingerprint density at radius 2 is 2.14 bits per heavy atom. The van der Waals surface area contributed by atoms with Crippen LogP contribution in [0, 0.1) is 0 Å². The molecule has 1 aliphatic rings. The van der Waals surface area contributed by atoms with Crippen molar-refractivity contribution in [2.75, 3.05) is 13.7 Å². The molecular formula is C16H21N3O2. The second kappa shape index (κ2) is 5.85. The minimum Gasteiger partial charge on any atom is -0.382 e. The number of nitrogens with zero attached hydrogens (tertiary/aromatic N) is 1. The van der Waals surface area contributed by atoms with Crippen LogP contribution in [0.25, 0.3) is 11.0 Å².